The van der Waals surface area contributed by atoms with E-state index in [1.807, 2.05) is 0 Å². The second-order valence-corrected chi connectivity index (χ2v) is 8.64. The molecule has 0 unspecified atom stereocenters. The number of benzene rings is 2. The Labute approximate surface area is 161 Å². The molecule has 3 rings (SSSR count). The summed E-state index contributed by atoms with van der Waals surface area (Å²) in [5.41, 5.74) is -0.186. The van der Waals surface area contributed by atoms with Gasteiger partial charge in [0.2, 0.25) is 10.0 Å². The summed E-state index contributed by atoms with van der Waals surface area (Å²) in [7, 11) is -4.13. The van der Waals surface area contributed by atoms with Crippen LogP contribution < -0.4 is 4.90 Å². The summed E-state index contributed by atoms with van der Waals surface area (Å²) in [6.45, 7) is -1.48. The van der Waals surface area contributed by atoms with Crippen LogP contribution in [-0.2, 0) is 21.4 Å². The van der Waals surface area contributed by atoms with Gasteiger partial charge >= 0.3 is 5.97 Å². The molecule has 2 aromatic carbocycles. The van der Waals surface area contributed by atoms with Gasteiger partial charge < -0.3 is 10.0 Å². The lowest BCUT2D eigenvalue weighted by molar-refractivity contribution is -0.135. The van der Waals surface area contributed by atoms with E-state index in [1.54, 1.807) is 6.07 Å². The van der Waals surface area contributed by atoms with E-state index < -0.39 is 46.5 Å². The Kier molecular flexibility index (Phi) is 5.19. The second-order valence-electron chi connectivity index (χ2n) is 5.82. The summed E-state index contributed by atoms with van der Waals surface area (Å²) < 4.78 is 67.6. The van der Waals surface area contributed by atoms with Crippen LogP contribution in [0.2, 0.25) is 0 Å². The van der Waals surface area contributed by atoms with E-state index in [-0.39, 0.29) is 22.8 Å². The lowest BCUT2D eigenvalue weighted by Gasteiger charge is -2.37. The maximum Gasteiger partial charge on any atom is 0.323 e. The predicted octanol–water partition coefficient (Wildman–Crippen LogP) is 2.92. The van der Waals surface area contributed by atoms with Gasteiger partial charge in [-0.25, -0.2) is 21.6 Å². The van der Waals surface area contributed by atoms with Crippen molar-refractivity contribution in [3.63, 3.8) is 0 Å². The highest BCUT2D eigenvalue weighted by atomic mass is 79.9. The summed E-state index contributed by atoms with van der Waals surface area (Å²) in [6, 6.07) is 5.23. The van der Waals surface area contributed by atoms with Crippen molar-refractivity contribution in [2.45, 2.75) is 11.4 Å². The van der Waals surface area contributed by atoms with Gasteiger partial charge in [0.15, 0.2) is 11.6 Å². The lowest BCUT2D eigenvalue weighted by atomic mass is 10.2. The topological polar surface area (TPSA) is 77.9 Å². The van der Waals surface area contributed by atoms with Crippen LogP contribution >= 0.6 is 15.9 Å². The minimum Gasteiger partial charge on any atom is -0.480 e. The second kappa shape index (κ2) is 7.13. The summed E-state index contributed by atoms with van der Waals surface area (Å²) in [6.07, 6.45) is 0. The first kappa shape index (κ1) is 19.6. The van der Waals surface area contributed by atoms with Crippen molar-refractivity contribution in [3.8, 4) is 0 Å². The molecule has 11 heteroatoms. The minimum atomic E-state index is -4.13. The number of carbonyl (C=O) groups is 1. The molecule has 144 valence electrons. The minimum absolute atomic E-state index is 0.174. The van der Waals surface area contributed by atoms with Crippen LogP contribution in [0, 0.1) is 17.5 Å². The van der Waals surface area contributed by atoms with Gasteiger partial charge in [-0.2, -0.15) is 4.31 Å². The predicted molar refractivity (Wildman–Crippen MR) is 93.0 cm³/mol. The molecule has 0 amide bonds. The summed E-state index contributed by atoms with van der Waals surface area (Å²) >= 11 is 3.16. The summed E-state index contributed by atoms with van der Waals surface area (Å²) in [5.74, 6) is -5.00. The molecule has 0 bridgehead atoms. The molecule has 1 aliphatic heterocycles. The number of aliphatic carboxylic acids is 1. The van der Waals surface area contributed by atoms with Gasteiger partial charge in [-0.15, -0.1) is 0 Å². The molecule has 0 radical (unpaired) electrons. The average molecular weight is 465 g/mol. The van der Waals surface area contributed by atoms with Crippen molar-refractivity contribution in [1.29, 1.82) is 0 Å². The standard InChI is InChI=1S/C16H12BrF3N2O4S/c17-10-1-2-14-15(4-10)27(25,26)22(8-21(14)7-16(23)24)6-9-3-12(19)13(20)5-11(9)18/h1-5H,6-8H2,(H,23,24). The molecule has 1 aliphatic rings. The third-order valence-electron chi connectivity index (χ3n) is 3.97. The van der Waals surface area contributed by atoms with E-state index in [1.165, 1.54) is 17.0 Å². The molecule has 27 heavy (non-hydrogen) atoms. The number of hydrogen-bond donors (Lipinski definition) is 1. The fourth-order valence-electron chi connectivity index (χ4n) is 2.75. The Balaban J connectivity index is 2.06. The molecule has 0 aliphatic carbocycles. The van der Waals surface area contributed by atoms with Crippen LogP contribution in [0.25, 0.3) is 0 Å². The third kappa shape index (κ3) is 3.80. The number of sulfonamides is 1. The quantitative estimate of drug-likeness (QED) is 0.703. The molecular weight excluding hydrogens is 453 g/mol. The van der Waals surface area contributed by atoms with Gasteiger partial charge in [0.25, 0.3) is 0 Å². The molecule has 0 aromatic heterocycles. The van der Waals surface area contributed by atoms with Gasteiger partial charge in [0.05, 0.1) is 12.4 Å². The molecule has 1 N–H and O–H groups in total. The number of rotatable bonds is 4. The Bertz CT molecular complexity index is 1030. The SMILES string of the molecule is O=C(O)CN1CN(Cc2cc(F)c(F)cc2F)S(=O)(=O)c2cc(Br)ccc21. The van der Waals surface area contributed by atoms with E-state index in [4.69, 9.17) is 5.11 Å². The monoisotopic (exact) mass is 464 g/mol. The highest BCUT2D eigenvalue weighted by molar-refractivity contribution is 9.10. The van der Waals surface area contributed by atoms with Crippen molar-refractivity contribution < 1.29 is 31.5 Å². The van der Waals surface area contributed by atoms with Crippen molar-refractivity contribution in [1.82, 2.24) is 4.31 Å². The zero-order chi connectivity index (χ0) is 19.9. The van der Waals surface area contributed by atoms with Crippen molar-refractivity contribution in [2.75, 3.05) is 18.1 Å². The molecule has 0 saturated carbocycles. The number of anilines is 1. The lowest BCUT2D eigenvalue weighted by Crippen LogP contribution is -2.47. The van der Waals surface area contributed by atoms with Gasteiger partial charge in [-0.1, -0.05) is 15.9 Å². The first-order valence-corrected chi connectivity index (χ1v) is 9.73. The zero-order valence-electron chi connectivity index (χ0n) is 13.5. The number of halogens is 4. The molecule has 0 fully saturated rings. The zero-order valence-corrected chi connectivity index (χ0v) is 15.9. The molecule has 0 atom stereocenters. The van der Waals surface area contributed by atoms with E-state index in [2.05, 4.69) is 15.9 Å². The molecule has 0 saturated heterocycles. The summed E-state index contributed by atoms with van der Waals surface area (Å²) in [5, 5.41) is 9.09. The molecule has 0 spiro atoms. The third-order valence-corrected chi connectivity index (χ3v) is 6.27. The summed E-state index contributed by atoms with van der Waals surface area (Å²) in [4.78, 5) is 12.2. The van der Waals surface area contributed by atoms with Gasteiger partial charge in [-0.3, -0.25) is 4.79 Å². The van der Waals surface area contributed by atoms with Crippen molar-refractivity contribution >= 4 is 37.6 Å². The smallest absolute Gasteiger partial charge is 0.323 e. The molecule has 2 aromatic rings. The van der Waals surface area contributed by atoms with Gasteiger partial charge in [0, 0.05) is 22.6 Å². The fourth-order valence-corrected chi connectivity index (χ4v) is 4.87. The normalized spacial score (nSPS) is 16.2. The first-order valence-electron chi connectivity index (χ1n) is 7.49. The molecular formula is C16H12BrF3N2O4S. The largest absolute Gasteiger partial charge is 0.480 e. The van der Waals surface area contributed by atoms with Crippen LogP contribution in [0.3, 0.4) is 0 Å². The molecule has 6 nitrogen and oxygen atoms in total. The van der Waals surface area contributed by atoms with E-state index in [9.17, 15) is 26.4 Å². The van der Waals surface area contributed by atoms with Crippen LogP contribution in [0.5, 0.6) is 0 Å². The molecule has 1 heterocycles. The Morgan fingerprint density at radius 3 is 2.44 bits per heavy atom. The van der Waals surface area contributed by atoms with Crippen molar-refractivity contribution in [2.24, 2.45) is 0 Å². The van der Waals surface area contributed by atoms with E-state index in [0.717, 1.165) is 4.31 Å². The number of carboxylic acid groups (broad SMARTS) is 1. The van der Waals surface area contributed by atoms with Gasteiger partial charge in [0.1, 0.15) is 17.3 Å². The first-order chi connectivity index (χ1) is 12.6. The Hall–Kier alpha value is -2.11. The Morgan fingerprint density at radius 2 is 1.78 bits per heavy atom. The highest BCUT2D eigenvalue weighted by Gasteiger charge is 2.36. The highest BCUT2D eigenvalue weighted by Crippen LogP contribution is 2.36. The maximum atomic E-state index is 14.0. The van der Waals surface area contributed by atoms with Crippen LogP contribution in [0.1, 0.15) is 5.56 Å². The van der Waals surface area contributed by atoms with E-state index >= 15 is 0 Å². The average Bonchev–Trinajstić information content (AvgIpc) is 2.56. The van der Waals surface area contributed by atoms with Crippen molar-refractivity contribution in [3.05, 3.63) is 57.8 Å². The number of nitrogens with zero attached hydrogens (tertiary/aromatic N) is 2. The van der Waals surface area contributed by atoms with Gasteiger partial charge in [-0.05, 0) is 24.3 Å². The van der Waals surface area contributed by atoms with Crippen LogP contribution in [0.4, 0.5) is 18.9 Å². The van der Waals surface area contributed by atoms with Crippen LogP contribution in [-0.4, -0.2) is 37.0 Å². The fraction of sp³-hybridized carbons (Fsp3) is 0.188. The Morgan fingerprint density at radius 1 is 1.11 bits per heavy atom. The number of hydrogen-bond acceptors (Lipinski definition) is 4. The maximum absolute atomic E-state index is 14.0. The van der Waals surface area contributed by atoms with E-state index in [0.29, 0.717) is 16.6 Å². The van der Waals surface area contributed by atoms with Crippen LogP contribution in [0.15, 0.2) is 39.7 Å². The number of carboxylic acids is 1. The number of fused-ring (bicyclic) bond motifs is 1.